The number of fused-ring (bicyclic) bond motifs is 1. The van der Waals surface area contributed by atoms with Crippen LogP contribution in [0, 0.1) is 6.92 Å². The van der Waals surface area contributed by atoms with E-state index in [0.717, 1.165) is 35.4 Å². The van der Waals surface area contributed by atoms with Crippen LogP contribution in [0.3, 0.4) is 0 Å². The summed E-state index contributed by atoms with van der Waals surface area (Å²) in [5.41, 5.74) is 2.38. The molecule has 6 nitrogen and oxygen atoms in total. The number of aryl methyl sites for hydroxylation is 2. The Bertz CT molecular complexity index is 967. The van der Waals surface area contributed by atoms with E-state index in [9.17, 15) is 4.79 Å². The highest BCUT2D eigenvalue weighted by Crippen LogP contribution is 2.34. The molecule has 0 aliphatic carbocycles. The first kappa shape index (κ1) is 23.6. The Morgan fingerprint density at radius 3 is 2.55 bits per heavy atom. The number of likely N-dealkylation sites (N-methyl/N-ethyl adjacent to an activating group) is 1. The van der Waals surface area contributed by atoms with Gasteiger partial charge in [-0.25, -0.2) is 4.98 Å². The van der Waals surface area contributed by atoms with Crippen molar-refractivity contribution in [3.05, 3.63) is 40.7 Å². The largest absolute Gasteiger partial charge is 0.302 e. The molecular formula is C20H27Cl2N5OS. The Hall–Kier alpha value is -1.67. The molecule has 3 rings (SSSR count). The van der Waals surface area contributed by atoms with E-state index in [0.29, 0.717) is 28.9 Å². The lowest BCUT2D eigenvalue weighted by atomic mass is 10.2. The van der Waals surface area contributed by atoms with E-state index in [1.165, 1.54) is 11.3 Å². The number of aromatic nitrogens is 3. The maximum absolute atomic E-state index is 13.4. The van der Waals surface area contributed by atoms with Crippen LogP contribution in [0.4, 0.5) is 5.13 Å². The molecule has 0 aliphatic heterocycles. The van der Waals surface area contributed by atoms with Crippen molar-refractivity contribution in [1.82, 2.24) is 19.7 Å². The van der Waals surface area contributed by atoms with E-state index < -0.39 is 0 Å². The monoisotopic (exact) mass is 455 g/mol. The maximum Gasteiger partial charge on any atom is 0.278 e. The van der Waals surface area contributed by atoms with Gasteiger partial charge in [0.2, 0.25) is 0 Å². The van der Waals surface area contributed by atoms with Gasteiger partial charge in [0.15, 0.2) is 5.13 Å². The van der Waals surface area contributed by atoms with Crippen LogP contribution in [0.1, 0.15) is 36.8 Å². The lowest BCUT2D eigenvalue weighted by Gasteiger charge is -2.24. The first-order valence-corrected chi connectivity index (χ1v) is 10.8. The highest BCUT2D eigenvalue weighted by atomic mass is 35.5. The van der Waals surface area contributed by atoms with Crippen LogP contribution in [-0.4, -0.2) is 51.8 Å². The third-order valence-corrected chi connectivity index (χ3v) is 6.44. The van der Waals surface area contributed by atoms with Gasteiger partial charge in [-0.3, -0.25) is 14.4 Å². The van der Waals surface area contributed by atoms with Gasteiger partial charge in [0.25, 0.3) is 5.91 Å². The smallest absolute Gasteiger partial charge is 0.278 e. The van der Waals surface area contributed by atoms with Crippen LogP contribution in [0.5, 0.6) is 0 Å². The minimum absolute atomic E-state index is 0. The summed E-state index contributed by atoms with van der Waals surface area (Å²) in [6.45, 7) is 12.1. The topological polar surface area (TPSA) is 54.3 Å². The van der Waals surface area contributed by atoms with Crippen molar-refractivity contribution in [3.63, 3.8) is 0 Å². The van der Waals surface area contributed by atoms with Gasteiger partial charge in [-0.05, 0) is 50.7 Å². The molecule has 158 valence electrons. The number of hydrogen-bond acceptors (Lipinski definition) is 5. The zero-order chi connectivity index (χ0) is 20.3. The van der Waals surface area contributed by atoms with Crippen molar-refractivity contribution in [1.29, 1.82) is 0 Å². The third kappa shape index (κ3) is 4.91. The second kappa shape index (κ2) is 10.4. The predicted molar refractivity (Wildman–Crippen MR) is 124 cm³/mol. The van der Waals surface area contributed by atoms with Crippen molar-refractivity contribution in [2.24, 2.45) is 0 Å². The molecule has 3 aromatic rings. The predicted octanol–water partition coefficient (Wildman–Crippen LogP) is 4.88. The molecule has 2 heterocycles. The highest BCUT2D eigenvalue weighted by Gasteiger charge is 2.24. The van der Waals surface area contributed by atoms with Gasteiger partial charge in [-0.1, -0.05) is 36.8 Å². The Morgan fingerprint density at radius 1 is 1.17 bits per heavy atom. The van der Waals surface area contributed by atoms with Gasteiger partial charge in [0.05, 0.1) is 10.2 Å². The molecule has 0 fully saturated rings. The molecule has 2 aromatic heterocycles. The number of rotatable bonds is 8. The van der Waals surface area contributed by atoms with E-state index in [1.807, 2.05) is 26.0 Å². The first-order valence-electron chi connectivity index (χ1n) is 9.61. The van der Waals surface area contributed by atoms with Gasteiger partial charge in [0.1, 0.15) is 5.69 Å². The number of thiazole rings is 1. The number of hydrogen-bond donors (Lipinski definition) is 0. The lowest BCUT2D eigenvalue weighted by Crippen LogP contribution is -2.39. The quantitative estimate of drug-likeness (QED) is 0.485. The lowest BCUT2D eigenvalue weighted by molar-refractivity contribution is 0.0973. The molecule has 0 saturated carbocycles. The second-order valence-corrected chi connectivity index (χ2v) is 7.95. The molecular weight excluding hydrogens is 429 g/mol. The van der Waals surface area contributed by atoms with Crippen molar-refractivity contribution in [2.45, 2.75) is 34.2 Å². The minimum Gasteiger partial charge on any atom is -0.302 e. The Kier molecular flexibility index (Phi) is 8.46. The second-order valence-electron chi connectivity index (χ2n) is 6.53. The zero-order valence-electron chi connectivity index (χ0n) is 17.2. The SMILES string of the molecule is CCN(CC)CCN(C(=O)c1ccnn1CC)c1nc2c(C)c(Cl)ccc2s1.Cl. The number of amides is 1. The Labute approximate surface area is 186 Å². The Morgan fingerprint density at radius 2 is 1.90 bits per heavy atom. The summed E-state index contributed by atoms with van der Waals surface area (Å²) in [4.78, 5) is 22.2. The third-order valence-electron chi connectivity index (χ3n) is 4.98. The van der Waals surface area contributed by atoms with Gasteiger partial charge < -0.3 is 4.90 Å². The van der Waals surface area contributed by atoms with Crippen molar-refractivity contribution >= 4 is 56.6 Å². The van der Waals surface area contributed by atoms with Crippen LogP contribution >= 0.6 is 35.3 Å². The molecule has 0 unspecified atom stereocenters. The number of carbonyl (C=O) groups excluding carboxylic acids is 1. The molecule has 0 saturated heterocycles. The van der Waals surface area contributed by atoms with Crippen molar-refractivity contribution < 1.29 is 4.79 Å². The summed E-state index contributed by atoms with van der Waals surface area (Å²) in [6, 6.07) is 5.62. The number of halogens is 2. The fraction of sp³-hybridized carbons (Fsp3) is 0.450. The van der Waals surface area contributed by atoms with Crippen molar-refractivity contribution in [2.75, 3.05) is 31.1 Å². The van der Waals surface area contributed by atoms with Crippen molar-refractivity contribution in [3.8, 4) is 0 Å². The van der Waals surface area contributed by atoms with E-state index in [1.54, 1.807) is 21.8 Å². The van der Waals surface area contributed by atoms with Crippen LogP contribution in [0.25, 0.3) is 10.2 Å². The average molecular weight is 456 g/mol. The summed E-state index contributed by atoms with van der Waals surface area (Å²) in [7, 11) is 0. The molecule has 0 aliphatic rings. The fourth-order valence-electron chi connectivity index (χ4n) is 3.17. The number of nitrogens with zero attached hydrogens (tertiary/aromatic N) is 5. The number of anilines is 1. The minimum atomic E-state index is -0.0747. The molecule has 29 heavy (non-hydrogen) atoms. The summed E-state index contributed by atoms with van der Waals surface area (Å²) in [5, 5.41) is 5.64. The fourth-order valence-corrected chi connectivity index (χ4v) is 4.38. The maximum atomic E-state index is 13.4. The molecule has 0 N–H and O–H groups in total. The molecule has 1 amide bonds. The van der Waals surface area contributed by atoms with Crippen LogP contribution in [0.15, 0.2) is 24.4 Å². The van der Waals surface area contributed by atoms with Crippen LogP contribution in [0.2, 0.25) is 5.02 Å². The van der Waals surface area contributed by atoms with E-state index in [2.05, 4.69) is 23.8 Å². The van der Waals surface area contributed by atoms with Gasteiger partial charge in [-0.15, -0.1) is 12.4 Å². The molecule has 9 heteroatoms. The van der Waals surface area contributed by atoms with E-state index in [4.69, 9.17) is 16.6 Å². The highest BCUT2D eigenvalue weighted by molar-refractivity contribution is 7.22. The van der Waals surface area contributed by atoms with E-state index >= 15 is 0 Å². The van der Waals surface area contributed by atoms with Gasteiger partial charge >= 0.3 is 0 Å². The molecule has 0 spiro atoms. The molecule has 0 radical (unpaired) electrons. The molecule has 0 bridgehead atoms. The summed E-state index contributed by atoms with van der Waals surface area (Å²) >= 11 is 7.79. The zero-order valence-corrected chi connectivity index (χ0v) is 19.6. The van der Waals surface area contributed by atoms with Crippen LogP contribution < -0.4 is 4.90 Å². The first-order chi connectivity index (χ1) is 13.5. The van der Waals surface area contributed by atoms with E-state index in [-0.39, 0.29) is 18.3 Å². The summed E-state index contributed by atoms with van der Waals surface area (Å²) < 4.78 is 2.75. The standard InChI is InChI=1S/C20H26ClN5OS.ClH/c1-5-24(6-2)12-13-25(19(27)16-10-11-22-26(16)7-3)20-23-18-14(4)15(21)8-9-17(18)28-20;/h8-11H,5-7,12-13H2,1-4H3;1H. The molecule has 0 atom stereocenters. The number of benzene rings is 1. The normalized spacial score (nSPS) is 11.1. The Balaban J connectivity index is 0.00000300. The average Bonchev–Trinajstić information content (AvgIpc) is 3.35. The summed E-state index contributed by atoms with van der Waals surface area (Å²) in [6.07, 6.45) is 1.67. The molecule has 1 aromatic carbocycles. The van der Waals surface area contributed by atoms with Crippen LogP contribution in [-0.2, 0) is 6.54 Å². The number of carbonyl (C=O) groups is 1. The van der Waals surface area contributed by atoms with Gasteiger partial charge in [0, 0.05) is 30.9 Å². The van der Waals surface area contributed by atoms with Gasteiger partial charge in [-0.2, -0.15) is 5.10 Å². The summed E-state index contributed by atoms with van der Waals surface area (Å²) in [5.74, 6) is -0.0747.